The molecular formula is C13H13F2NS. The minimum atomic E-state index is -0.561. The number of aryl methyl sites for hydroxylation is 1. The molecule has 1 aromatic carbocycles. The van der Waals surface area contributed by atoms with E-state index in [2.05, 4.69) is 0 Å². The highest BCUT2D eigenvalue weighted by Crippen LogP contribution is 2.22. The van der Waals surface area contributed by atoms with Gasteiger partial charge in [-0.05, 0) is 48.1 Å². The smallest absolute Gasteiger partial charge is 0.126 e. The van der Waals surface area contributed by atoms with Crippen molar-refractivity contribution >= 4 is 11.3 Å². The molecule has 0 saturated heterocycles. The monoisotopic (exact) mass is 253 g/mol. The van der Waals surface area contributed by atoms with Crippen molar-refractivity contribution in [2.45, 2.75) is 19.4 Å². The normalized spacial score (nSPS) is 12.7. The maximum atomic E-state index is 13.0. The van der Waals surface area contributed by atoms with Crippen LogP contribution in [0.1, 0.15) is 22.0 Å². The zero-order chi connectivity index (χ0) is 12.4. The summed E-state index contributed by atoms with van der Waals surface area (Å²) >= 11 is 1.62. The molecule has 0 bridgehead atoms. The first-order valence-corrected chi connectivity index (χ1v) is 6.18. The molecule has 2 rings (SSSR count). The van der Waals surface area contributed by atoms with Gasteiger partial charge in [-0.3, -0.25) is 0 Å². The van der Waals surface area contributed by atoms with E-state index in [-0.39, 0.29) is 6.04 Å². The van der Waals surface area contributed by atoms with Gasteiger partial charge in [-0.2, -0.15) is 0 Å². The molecule has 4 heteroatoms. The summed E-state index contributed by atoms with van der Waals surface area (Å²) in [4.78, 5) is 1.18. The molecule has 1 atom stereocenters. The Labute approximate surface area is 103 Å². The molecule has 1 unspecified atom stereocenters. The molecule has 17 heavy (non-hydrogen) atoms. The van der Waals surface area contributed by atoms with Crippen molar-refractivity contribution in [2.24, 2.45) is 5.73 Å². The quantitative estimate of drug-likeness (QED) is 0.889. The van der Waals surface area contributed by atoms with Crippen molar-refractivity contribution < 1.29 is 8.78 Å². The molecule has 0 aliphatic heterocycles. The zero-order valence-corrected chi connectivity index (χ0v) is 10.2. The molecule has 1 heterocycles. The van der Waals surface area contributed by atoms with Crippen molar-refractivity contribution in [2.75, 3.05) is 0 Å². The van der Waals surface area contributed by atoms with Gasteiger partial charge in [0.15, 0.2) is 0 Å². The largest absolute Gasteiger partial charge is 0.324 e. The number of hydrogen-bond acceptors (Lipinski definition) is 2. The van der Waals surface area contributed by atoms with E-state index in [9.17, 15) is 8.78 Å². The number of nitrogens with two attached hydrogens (primary N) is 1. The summed E-state index contributed by atoms with van der Waals surface area (Å²) in [5.74, 6) is -1.12. The van der Waals surface area contributed by atoms with E-state index >= 15 is 0 Å². The maximum Gasteiger partial charge on any atom is 0.126 e. The summed E-state index contributed by atoms with van der Waals surface area (Å²) in [5, 5.41) is 1.98. The van der Waals surface area contributed by atoms with Gasteiger partial charge in [0, 0.05) is 17.0 Å². The van der Waals surface area contributed by atoms with Gasteiger partial charge in [0.25, 0.3) is 0 Å². The lowest BCUT2D eigenvalue weighted by atomic mass is 10.0. The second-order valence-corrected chi connectivity index (χ2v) is 5.19. The van der Waals surface area contributed by atoms with Crippen LogP contribution >= 0.6 is 11.3 Å². The van der Waals surface area contributed by atoms with Gasteiger partial charge in [0.2, 0.25) is 0 Å². The van der Waals surface area contributed by atoms with Crippen molar-refractivity contribution in [3.8, 4) is 0 Å². The van der Waals surface area contributed by atoms with Gasteiger partial charge in [0.1, 0.15) is 11.6 Å². The zero-order valence-electron chi connectivity index (χ0n) is 9.41. The fraction of sp³-hybridized carbons (Fsp3) is 0.231. The van der Waals surface area contributed by atoms with E-state index in [0.717, 1.165) is 11.6 Å². The molecule has 0 spiro atoms. The maximum absolute atomic E-state index is 13.0. The third-order valence-electron chi connectivity index (χ3n) is 2.56. The predicted molar refractivity (Wildman–Crippen MR) is 66.0 cm³/mol. The van der Waals surface area contributed by atoms with Crippen molar-refractivity contribution in [3.63, 3.8) is 0 Å². The van der Waals surface area contributed by atoms with E-state index in [4.69, 9.17) is 5.73 Å². The summed E-state index contributed by atoms with van der Waals surface area (Å²) < 4.78 is 26.0. The minimum Gasteiger partial charge on any atom is -0.324 e. The average molecular weight is 253 g/mol. The van der Waals surface area contributed by atoms with Gasteiger partial charge < -0.3 is 5.73 Å². The highest BCUT2D eigenvalue weighted by atomic mass is 32.1. The summed E-state index contributed by atoms with van der Waals surface area (Å²) in [6.45, 7) is 2.00. The topological polar surface area (TPSA) is 26.0 Å². The second-order valence-electron chi connectivity index (χ2n) is 4.08. The van der Waals surface area contributed by atoms with E-state index in [1.165, 1.54) is 17.0 Å². The summed E-state index contributed by atoms with van der Waals surface area (Å²) in [6.07, 6.45) is 0.435. The molecule has 1 aromatic heterocycles. The first-order chi connectivity index (χ1) is 8.04. The minimum absolute atomic E-state index is 0.221. The Morgan fingerprint density at radius 3 is 2.35 bits per heavy atom. The molecule has 0 saturated carbocycles. The van der Waals surface area contributed by atoms with Crippen molar-refractivity contribution in [1.82, 2.24) is 0 Å². The van der Waals surface area contributed by atoms with Crippen molar-refractivity contribution in [3.05, 3.63) is 57.3 Å². The highest BCUT2D eigenvalue weighted by Gasteiger charge is 2.10. The average Bonchev–Trinajstić information content (AvgIpc) is 2.63. The first-order valence-electron chi connectivity index (χ1n) is 5.30. The van der Waals surface area contributed by atoms with E-state index in [1.807, 2.05) is 18.4 Å². The van der Waals surface area contributed by atoms with Crippen LogP contribution in [0, 0.1) is 18.6 Å². The third kappa shape index (κ3) is 3.11. The number of halogens is 2. The molecule has 0 radical (unpaired) electrons. The van der Waals surface area contributed by atoms with Crippen LogP contribution in [0.4, 0.5) is 8.78 Å². The fourth-order valence-electron chi connectivity index (χ4n) is 1.76. The van der Waals surface area contributed by atoms with Crippen LogP contribution in [0.2, 0.25) is 0 Å². The fourth-order valence-corrected chi connectivity index (χ4v) is 2.53. The predicted octanol–water partition coefficient (Wildman–Crippen LogP) is 3.58. The Balaban J connectivity index is 2.15. The van der Waals surface area contributed by atoms with Crippen molar-refractivity contribution in [1.29, 1.82) is 0 Å². The van der Waals surface area contributed by atoms with Crippen LogP contribution in [-0.2, 0) is 6.42 Å². The van der Waals surface area contributed by atoms with Crippen LogP contribution in [-0.4, -0.2) is 0 Å². The standard InChI is InChI=1S/C13H13F2NS/c1-8-2-10(7-17-8)13(16)5-9-3-11(14)6-12(15)4-9/h2-4,6-7,13H,5,16H2,1H3. The SMILES string of the molecule is Cc1cc(C(N)Cc2cc(F)cc(F)c2)cs1. The number of rotatable bonds is 3. The molecule has 0 aliphatic carbocycles. The lowest BCUT2D eigenvalue weighted by Gasteiger charge is -2.10. The number of hydrogen-bond donors (Lipinski definition) is 1. The Bertz CT molecular complexity index is 502. The molecule has 0 fully saturated rings. The van der Waals surface area contributed by atoms with Gasteiger partial charge in [-0.15, -0.1) is 11.3 Å². The Morgan fingerprint density at radius 2 is 1.82 bits per heavy atom. The Hall–Kier alpha value is -1.26. The molecule has 0 aliphatic rings. The van der Waals surface area contributed by atoms with Crippen LogP contribution < -0.4 is 5.73 Å². The van der Waals surface area contributed by atoms with Crippen LogP contribution in [0.5, 0.6) is 0 Å². The number of benzene rings is 1. The van der Waals surface area contributed by atoms with Gasteiger partial charge in [-0.1, -0.05) is 0 Å². The third-order valence-corrected chi connectivity index (χ3v) is 3.44. The summed E-state index contributed by atoms with van der Waals surface area (Å²) in [6, 6.07) is 5.29. The molecule has 90 valence electrons. The van der Waals surface area contributed by atoms with Gasteiger partial charge in [-0.25, -0.2) is 8.78 Å². The first kappa shape index (κ1) is 12.2. The van der Waals surface area contributed by atoms with E-state index < -0.39 is 11.6 Å². The summed E-state index contributed by atoms with van der Waals surface area (Å²) in [5.41, 5.74) is 7.60. The van der Waals surface area contributed by atoms with Gasteiger partial charge in [0.05, 0.1) is 0 Å². The highest BCUT2D eigenvalue weighted by molar-refractivity contribution is 7.10. The van der Waals surface area contributed by atoms with E-state index in [1.54, 1.807) is 11.3 Å². The Morgan fingerprint density at radius 1 is 1.18 bits per heavy atom. The van der Waals surface area contributed by atoms with Gasteiger partial charge >= 0.3 is 0 Å². The lowest BCUT2D eigenvalue weighted by Crippen LogP contribution is -2.12. The molecule has 2 aromatic rings. The summed E-state index contributed by atoms with van der Waals surface area (Å²) in [7, 11) is 0. The van der Waals surface area contributed by atoms with Crippen LogP contribution in [0.15, 0.2) is 29.6 Å². The Kier molecular flexibility index (Phi) is 3.54. The molecule has 1 nitrogen and oxygen atoms in total. The molecule has 0 amide bonds. The second kappa shape index (κ2) is 4.94. The number of thiophene rings is 1. The lowest BCUT2D eigenvalue weighted by molar-refractivity contribution is 0.576. The van der Waals surface area contributed by atoms with Crippen LogP contribution in [0.3, 0.4) is 0 Å². The molecule has 2 N–H and O–H groups in total. The van der Waals surface area contributed by atoms with E-state index in [0.29, 0.717) is 12.0 Å². The van der Waals surface area contributed by atoms with Crippen LogP contribution in [0.25, 0.3) is 0 Å². The molecular weight excluding hydrogens is 240 g/mol.